The molecule has 0 N–H and O–H groups in total. The number of likely N-dealkylation sites (tertiary alicyclic amines) is 1. The normalized spacial score (nSPS) is 20.4. The van der Waals surface area contributed by atoms with Crippen molar-refractivity contribution in [2.75, 3.05) is 38.2 Å². The summed E-state index contributed by atoms with van der Waals surface area (Å²) in [5, 5.41) is 0.790. The molecule has 3 rings (SSSR count). The molecule has 1 aliphatic rings. The molecule has 1 saturated heterocycles. The third-order valence-electron chi connectivity index (χ3n) is 5.04. The van der Waals surface area contributed by atoms with Gasteiger partial charge in [-0.15, -0.1) is 0 Å². The summed E-state index contributed by atoms with van der Waals surface area (Å²) >= 11 is 7.92. The predicted octanol–water partition coefficient (Wildman–Crippen LogP) is 4.97. The minimum absolute atomic E-state index is 0.243. The zero-order valence-electron chi connectivity index (χ0n) is 15.6. The lowest BCUT2D eigenvalue weighted by molar-refractivity contribution is 0.0530. The lowest BCUT2D eigenvalue weighted by Gasteiger charge is -2.37. The summed E-state index contributed by atoms with van der Waals surface area (Å²) in [5.41, 5.74) is 1.99. The molecule has 27 heavy (non-hydrogen) atoms. The second kappa shape index (κ2) is 10.2. The van der Waals surface area contributed by atoms with E-state index >= 15 is 0 Å². The fraction of sp³-hybridized carbons (Fsp3) is 0.409. The minimum atomic E-state index is -0.243. The maximum absolute atomic E-state index is 12.0. The number of carbonyl (C=O) groups excluding carboxylic acids is 1. The average Bonchev–Trinajstić information content (AvgIpc) is 2.69. The van der Waals surface area contributed by atoms with Crippen LogP contribution in [0.15, 0.2) is 54.6 Å². The highest BCUT2D eigenvalue weighted by Crippen LogP contribution is 2.35. The number of ether oxygens (including phenoxy) is 1. The topological polar surface area (TPSA) is 29.5 Å². The summed E-state index contributed by atoms with van der Waals surface area (Å²) in [7, 11) is 2.19. The molecule has 3 nitrogen and oxygen atoms in total. The summed E-state index contributed by atoms with van der Waals surface area (Å²) in [4.78, 5) is 14.4. The van der Waals surface area contributed by atoms with Crippen LogP contribution in [0.25, 0.3) is 0 Å². The van der Waals surface area contributed by atoms with Crippen molar-refractivity contribution in [1.29, 1.82) is 0 Å². The Balaban J connectivity index is 1.46. The van der Waals surface area contributed by atoms with Crippen molar-refractivity contribution in [3.63, 3.8) is 0 Å². The van der Waals surface area contributed by atoms with Crippen LogP contribution in [0, 0.1) is 5.92 Å². The molecule has 2 aromatic rings. The lowest BCUT2D eigenvalue weighted by atomic mass is 9.81. The van der Waals surface area contributed by atoms with Gasteiger partial charge in [0.1, 0.15) is 6.61 Å². The Morgan fingerprint density at radius 3 is 2.67 bits per heavy atom. The summed E-state index contributed by atoms with van der Waals surface area (Å²) in [6.07, 6.45) is 1.17. The number of hydrogen-bond acceptors (Lipinski definition) is 4. The maximum atomic E-state index is 12.0. The molecule has 0 saturated carbocycles. The third kappa shape index (κ3) is 6.00. The standard InChI is InChI=1S/C22H26ClNO2S/c1-24-12-11-21(17-7-9-20(23)10-8-17)19(15-24)16-27-14-13-26-22(25)18-5-3-2-4-6-18/h2-10,19,21H,11-16H2,1H3/t19-,21+/m1/s1. The van der Waals surface area contributed by atoms with E-state index in [1.165, 1.54) is 12.0 Å². The smallest absolute Gasteiger partial charge is 0.338 e. The molecule has 0 aliphatic carbocycles. The van der Waals surface area contributed by atoms with Crippen molar-refractivity contribution in [3.8, 4) is 0 Å². The number of nitrogens with zero attached hydrogens (tertiary/aromatic N) is 1. The van der Waals surface area contributed by atoms with Gasteiger partial charge in [0.25, 0.3) is 0 Å². The molecule has 1 heterocycles. The Hall–Kier alpha value is -1.49. The van der Waals surface area contributed by atoms with E-state index in [1.54, 1.807) is 12.1 Å². The number of thioether (sulfide) groups is 1. The first kappa shape index (κ1) is 20.2. The van der Waals surface area contributed by atoms with Crippen LogP contribution >= 0.6 is 23.4 Å². The van der Waals surface area contributed by atoms with Crippen LogP contribution in [0.5, 0.6) is 0 Å². The molecule has 0 amide bonds. The fourth-order valence-corrected chi connectivity index (χ4v) is 4.75. The molecule has 1 aliphatic heterocycles. The van der Waals surface area contributed by atoms with Gasteiger partial charge in [-0.3, -0.25) is 0 Å². The minimum Gasteiger partial charge on any atom is -0.461 e. The molecular weight excluding hydrogens is 378 g/mol. The van der Waals surface area contributed by atoms with E-state index in [0.29, 0.717) is 24.0 Å². The van der Waals surface area contributed by atoms with E-state index in [1.807, 2.05) is 42.1 Å². The van der Waals surface area contributed by atoms with E-state index in [0.717, 1.165) is 29.6 Å². The number of carbonyl (C=O) groups is 1. The number of hydrogen-bond donors (Lipinski definition) is 0. The molecule has 1 fully saturated rings. The van der Waals surface area contributed by atoms with Gasteiger partial charge in [-0.05, 0) is 67.4 Å². The molecule has 5 heteroatoms. The van der Waals surface area contributed by atoms with Gasteiger partial charge in [0.05, 0.1) is 5.56 Å². The van der Waals surface area contributed by atoms with Crippen LogP contribution < -0.4 is 0 Å². The van der Waals surface area contributed by atoms with Crippen molar-refractivity contribution in [1.82, 2.24) is 4.90 Å². The second-order valence-corrected chi connectivity index (χ2v) is 8.63. The van der Waals surface area contributed by atoms with Gasteiger partial charge in [-0.1, -0.05) is 41.9 Å². The van der Waals surface area contributed by atoms with Gasteiger partial charge in [-0.25, -0.2) is 4.79 Å². The van der Waals surface area contributed by atoms with Crippen LogP contribution in [0.2, 0.25) is 5.02 Å². The molecule has 0 bridgehead atoms. The molecule has 2 atom stereocenters. The molecular formula is C22H26ClNO2S. The highest BCUT2D eigenvalue weighted by atomic mass is 35.5. The summed E-state index contributed by atoms with van der Waals surface area (Å²) in [5.74, 6) is 2.82. The van der Waals surface area contributed by atoms with Crippen molar-refractivity contribution >= 4 is 29.3 Å². The summed E-state index contributed by atoms with van der Waals surface area (Å²) in [6.45, 7) is 2.68. The molecule has 0 spiro atoms. The van der Waals surface area contributed by atoms with Gasteiger partial charge in [0.2, 0.25) is 0 Å². The molecule has 0 unspecified atom stereocenters. The number of rotatable bonds is 7. The van der Waals surface area contributed by atoms with Crippen LogP contribution in [0.4, 0.5) is 0 Å². The molecule has 2 aromatic carbocycles. The zero-order chi connectivity index (χ0) is 19.1. The SMILES string of the molecule is CN1CC[C@@H](c2ccc(Cl)cc2)[C@@H](CSCCOC(=O)c2ccccc2)C1. The fourth-order valence-electron chi connectivity index (χ4n) is 3.62. The van der Waals surface area contributed by atoms with E-state index in [9.17, 15) is 4.79 Å². The highest BCUT2D eigenvalue weighted by Gasteiger charge is 2.28. The Labute approximate surface area is 171 Å². The Morgan fingerprint density at radius 2 is 1.93 bits per heavy atom. The largest absolute Gasteiger partial charge is 0.461 e. The molecule has 0 radical (unpaired) electrons. The molecule has 144 valence electrons. The molecule has 0 aromatic heterocycles. The lowest BCUT2D eigenvalue weighted by Crippen LogP contribution is -2.38. The number of piperidine rings is 1. The van der Waals surface area contributed by atoms with E-state index in [2.05, 4.69) is 24.1 Å². The number of benzene rings is 2. The van der Waals surface area contributed by atoms with Crippen molar-refractivity contribution < 1.29 is 9.53 Å². The first-order valence-electron chi connectivity index (χ1n) is 9.37. The maximum Gasteiger partial charge on any atom is 0.338 e. The van der Waals surface area contributed by atoms with Crippen LogP contribution in [-0.4, -0.2) is 49.1 Å². The van der Waals surface area contributed by atoms with Crippen LogP contribution in [0.3, 0.4) is 0 Å². The average molecular weight is 404 g/mol. The first-order chi connectivity index (χ1) is 13.1. The van der Waals surface area contributed by atoms with E-state index < -0.39 is 0 Å². The van der Waals surface area contributed by atoms with Gasteiger partial charge in [0, 0.05) is 17.3 Å². The van der Waals surface area contributed by atoms with Crippen LogP contribution in [0.1, 0.15) is 28.3 Å². The van der Waals surface area contributed by atoms with Crippen molar-refractivity contribution in [3.05, 3.63) is 70.7 Å². The Morgan fingerprint density at radius 1 is 1.19 bits per heavy atom. The van der Waals surface area contributed by atoms with Crippen molar-refractivity contribution in [2.24, 2.45) is 5.92 Å². The van der Waals surface area contributed by atoms with Gasteiger partial charge < -0.3 is 9.64 Å². The van der Waals surface area contributed by atoms with Gasteiger partial charge in [0.15, 0.2) is 0 Å². The number of esters is 1. The first-order valence-corrected chi connectivity index (χ1v) is 10.9. The predicted molar refractivity (Wildman–Crippen MR) is 114 cm³/mol. The van der Waals surface area contributed by atoms with E-state index in [-0.39, 0.29) is 5.97 Å². The summed E-state index contributed by atoms with van der Waals surface area (Å²) < 4.78 is 5.38. The third-order valence-corrected chi connectivity index (χ3v) is 6.41. The summed E-state index contributed by atoms with van der Waals surface area (Å²) in [6, 6.07) is 17.5. The number of halogens is 1. The monoisotopic (exact) mass is 403 g/mol. The van der Waals surface area contributed by atoms with Gasteiger partial charge >= 0.3 is 5.97 Å². The zero-order valence-corrected chi connectivity index (χ0v) is 17.2. The quantitative estimate of drug-likeness (QED) is 0.482. The highest BCUT2D eigenvalue weighted by molar-refractivity contribution is 7.99. The van der Waals surface area contributed by atoms with Crippen molar-refractivity contribution in [2.45, 2.75) is 12.3 Å². The second-order valence-electron chi connectivity index (χ2n) is 7.05. The Kier molecular flexibility index (Phi) is 7.62. The Bertz CT molecular complexity index is 723. The van der Waals surface area contributed by atoms with Gasteiger partial charge in [-0.2, -0.15) is 11.8 Å². The van der Waals surface area contributed by atoms with E-state index in [4.69, 9.17) is 16.3 Å². The van der Waals surface area contributed by atoms with Crippen LogP contribution in [-0.2, 0) is 4.74 Å².